The summed E-state index contributed by atoms with van der Waals surface area (Å²) in [6.07, 6.45) is 2.77. The molecule has 1 unspecified atom stereocenters. The lowest BCUT2D eigenvalue weighted by molar-refractivity contribution is -0.134. The van der Waals surface area contributed by atoms with E-state index in [4.69, 9.17) is 9.47 Å². The Labute approximate surface area is 234 Å². The highest BCUT2D eigenvalue weighted by Gasteiger charge is 2.33. The predicted molar refractivity (Wildman–Crippen MR) is 155 cm³/mol. The first-order valence-electron chi connectivity index (χ1n) is 13.5. The lowest BCUT2D eigenvalue weighted by Crippen LogP contribution is -2.48. The van der Waals surface area contributed by atoms with Crippen molar-refractivity contribution in [2.45, 2.75) is 25.9 Å². The van der Waals surface area contributed by atoms with E-state index >= 15 is 0 Å². The molecule has 2 heterocycles. The number of nitrogens with zero attached hydrogens (tertiary/aromatic N) is 3. The smallest absolute Gasteiger partial charge is 0.322 e. The number of carbonyl (C=O) groups is 2. The fourth-order valence-corrected chi connectivity index (χ4v) is 5.03. The van der Waals surface area contributed by atoms with Gasteiger partial charge in [-0.25, -0.2) is 4.79 Å². The van der Waals surface area contributed by atoms with Crippen molar-refractivity contribution < 1.29 is 19.1 Å². The molecular formula is C32H34N4O4. The molecule has 0 saturated heterocycles. The summed E-state index contributed by atoms with van der Waals surface area (Å²) in [6, 6.07) is 28.1. The number of ether oxygens (including phenoxy) is 2. The number of aromatic nitrogens is 1. The van der Waals surface area contributed by atoms with E-state index in [0.717, 1.165) is 23.4 Å². The van der Waals surface area contributed by atoms with E-state index in [1.54, 1.807) is 36.3 Å². The Bertz CT molecular complexity index is 1430. The fraction of sp³-hybridized carbons (Fsp3) is 0.250. The second-order valence-electron chi connectivity index (χ2n) is 9.68. The highest BCUT2D eigenvalue weighted by molar-refractivity contribution is 5.92. The highest BCUT2D eigenvalue weighted by Crippen LogP contribution is 2.35. The number of anilines is 1. The van der Waals surface area contributed by atoms with Gasteiger partial charge in [-0.15, -0.1) is 0 Å². The summed E-state index contributed by atoms with van der Waals surface area (Å²) >= 11 is 0. The molecule has 1 aliphatic rings. The van der Waals surface area contributed by atoms with Crippen LogP contribution in [0.15, 0.2) is 97.2 Å². The minimum Gasteiger partial charge on any atom is -0.497 e. The van der Waals surface area contributed by atoms with Gasteiger partial charge in [0.2, 0.25) is 5.91 Å². The largest absolute Gasteiger partial charge is 0.497 e. The van der Waals surface area contributed by atoms with Gasteiger partial charge in [0, 0.05) is 37.2 Å². The average Bonchev–Trinajstić information content (AvgIpc) is 3.46. The second-order valence-corrected chi connectivity index (χ2v) is 9.68. The van der Waals surface area contributed by atoms with Gasteiger partial charge in [-0.3, -0.25) is 4.79 Å². The van der Waals surface area contributed by atoms with Crippen LogP contribution in [-0.2, 0) is 11.3 Å². The number of urea groups is 1. The van der Waals surface area contributed by atoms with Gasteiger partial charge in [-0.1, -0.05) is 37.3 Å². The fourth-order valence-electron chi connectivity index (χ4n) is 5.03. The standard InChI is InChI=1S/C32H34N4O4/c1-3-18-35(32(38)33-25-14-16-26(39-2)17-15-25)23-30(37)36-21-20-34-19-8-13-29(34)31(36)24-9-7-12-28(22-24)40-27-10-5-4-6-11-27/h4-17,19,22,31H,3,18,20-21,23H2,1-2H3,(H,33,38). The lowest BCUT2D eigenvalue weighted by atomic mass is 9.99. The Balaban J connectivity index is 1.36. The van der Waals surface area contributed by atoms with Crippen LogP contribution in [0.3, 0.4) is 0 Å². The maximum absolute atomic E-state index is 13.9. The summed E-state index contributed by atoms with van der Waals surface area (Å²) in [4.78, 5) is 30.5. The number of methoxy groups -OCH3 is 1. The quantitative estimate of drug-likeness (QED) is 0.277. The van der Waals surface area contributed by atoms with Gasteiger partial charge >= 0.3 is 6.03 Å². The molecule has 0 spiro atoms. The number of para-hydroxylation sites is 1. The number of amides is 3. The van der Waals surface area contributed by atoms with Crippen LogP contribution in [0, 0.1) is 0 Å². The molecule has 5 rings (SSSR count). The molecule has 1 atom stereocenters. The van der Waals surface area contributed by atoms with Crippen molar-refractivity contribution in [3.63, 3.8) is 0 Å². The number of nitrogens with one attached hydrogen (secondary N) is 1. The van der Waals surface area contributed by atoms with Crippen molar-refractivity contribution in [3.8, 4) is 17.2 Å². The van der Waals surface area contributed by atoms with Crippen molar-refractivity contribution >= 4 is 17.6 Å². The van der Waals surface area contributed by atoms with Gasteiger partial charge in [0.25, 0.3) is 0 Å². The summed E-state index contributed by atoms with van der Waals surface area (Å²) in [6.45, 7) is 3.66. The average molecular weight is 539 g/mol. The lowest BCUT2D eigenvalue weighted by Gasteiger charge is -2.38. The van der Waals surface area contributed by atoms with Crippen LogP contribution in [0.25, 0.3) is 0 Å². The summed E-state index contributed by atoms with van der Waals surface area (Å²) < 4.78 is 13.5. The SMILES string of the molecule is CCCN(CC(=O)N1CCn2cccc2C1c1cccc(Oc2ccccc2)c1)C(=O)Nc1ccc(OC)cc1. The predicted octanol–water partition coefficient (Wildman–Crippen LogP) is 6.16. The first kappa shape index (κ1) is 26.9. The monoisotopic (exact) mass is 538 g/mol. The van der Waals surface area contributed by atoms with E-state index < -0.39 is 0 Å². The van der Waals surface area contributed by atoms with Crippen molar-refractivity contribution in [2.75, 3.05) is 32.1 Å². The minimum absolute atomic E-state index is 0.0206. The molecule has 0 saturated carbocycles. The van der Waals surface area contributed by atoms with Crippen molar-refractivity contribution in [3.05, 3.63) is 108 Å². The normalized spacial score (nSPS) is 14.2. The van der Waals surface area contributed by atoms with E-state index in [2.05, 4.69) is 16.0 Å². The molecule has 3 aromatic carbocycles. The molecule has 1 N–H and O–H groups in total. The van der Waals surface area contributed by atoms with E-state index in [1.807, 2.05) is 78.7 Å². The van der Waals surface area contributed by atoms with Crippen LogP contribution in [0.2, 0.25) is 0 Å². The molecule has 8 nitrogen and oxygen atoms in total. The molecule has 0 bridgehead atoms. The molecule has 0 fully saturated rings. The van der Waals surface area contributed by atoms with Gasteiger partial charge in [0.1, 0.15) is 23.8 Å². The number of hydrogen-bond acceptors (Lipinski definition) is 4. The molecule has 0 radical (unpaired) electrons. The molecule has 4 aromatic rings. The van der Waals surface area contributed by atoms with Crippen LogP contribution >= 0.6 is 0 Å². The van der Waals surface area contributed by atoms with Crippen LogP contribution in [-0.4, -0.2) is 53.0 Å². The Morgan fingerprint density at radius 3 is 2.42 bits per heavy atom. The van der Waals surface area contributed by atoms with E-state index in [0.29, 0.717) is 36.8 Å². The van der Waals surface area contributed by atoms with Crippen LogP contribution in [0.5, 0.6) is 17.2 Å². The maximum atomic E-state index is 13.9. The van der Waals surface area contributed by atoms with Crippen molar-refractivity contribution in [1.29, 1.82) is 0 Å². The van der Waals surface area contributed by atoms with Crippen molar-refractivity contribution in [2.24, 2.45) is 0 Å². The third-order valence-electron chi connectivity index (χ3n) is 6.96. The zero-order valence-electron chi connectivity index (χ0n) is 22.8. The topological polar surface area (TPSA) is 76.0 Å². The summed E-state index contributed by atoms with van der Waals surface area (Å²) in [5, 5.41) is 2.91. The Morgan fingerprint density at radius 2 is 1.68 bits per heavy atom. The third kappa shape index (κ3) is 6.12. The van der Waals surface area contributed by atoms with Crippen LogP contribution in [0.1, 0.15) is 30.6 Å². The Kier molecular flexibility index (Phi) is 8.35. The highest BCUT2D eigenvalue weighted by atomic mass is 16.5. The van der Waals surface area contributed by atoms with E-state index in [1.165, 1.54) is 0 Å². The summed E-state index contributed by atoms with van der Waals surface area (Å²) in [5.74, 6) is 2.05. The number of carbonyl (C=O) groups excluding carboxylic acids is 2. The molecule has 1 aliphatic heterocycles. The van der Waals surface area contributed by atoms with Crippen molar-refractivity contribution in [1.82, 2.24) is 14.4 Å². The first-order chi connectivity index (χ1) is 19.6. The van der Waals surface area contributed by atoms with Crippen LogP contribution in [0.4, 0.5) is 10.5 Å². The summed E-state index contributed by atoms with van der Waals surface area (Å²) in [5.41, 5.74) is 2.62. The molecule has 0 aliphatic carbocycles. The van der Waals surface area contributed by atoms with E-state index in [-0.39, 0.29) is 24.5 Å². The van der Waals surface area contributed by atoms with E-state index in [9.17, 15) is 9.59 Å². The zero-order valence-corrected chi connectivity index (χ0v) is 22.8. The minimum atomic E-state index is -0.310. The number of rotatable bonds is 9. The Hall–Kier alpha value is -4.72. The van der Waals surface area contributed by atoms with Gasteiger partial charge in [0.15, 0.2) is 0 Å². The molecular weight excluding hydrogens is 504 g/mol. The summed E-state index contributed by atoms with van der Waals surface area (Å²) in [7, 11) is 1.60. The van der Waals surface area contributed by atoms with Gasteiger partial charge in [-0.2, -0.15) is 0 Å². The number of fused-ring (bicyclic) bond motifs is 1. The number of benzene rings is 3. The Morgan fingerprint density at radius 1 is 0.900 bits per heavy atom. The zero-order chi connectivity index (χ0) is 27.9. The van der Waals surface area contributed by atoms with Gasteiger partial charge < -0.3 is 29.2 Å². The molecule has 206 valence electrons. The number of hydrogen-bond donors (Lipinski definition) is 1. The van der Waals surface area contributed by atoms with Gasteiger partial charge in [-0.05, 0) is 72.6 Å². The molecule has 40 heavy (non-hydrogen) atoms. The van der Waals surface area contributed by atoms with Gasteiger partial charge in [0.05, 0.1) is 13.2 Å². The first-order valence-corrected chi connectivity index (χ1v) is 13.5. The molecule has 8 heteroatoms. The maximum Gasteiger partial charge on any atom is 0.322 e. The molecule has 3 amide bonds. The second kappa shape index (κ2) is 12.4. The third-order valence-corrected chi connectivity index (χ3v) is 6.96. The molecule has 1 aromatic heterocycles. The van der Waals surface area contributed by atoms with Crippen LogP contribution < -0.4 is 14.8 Å².